The second kappa shape index (κ2) is 5.41. The Balaban J connectivity index is 1.92. The molecule has 0 spiro atoms. The van der Waals surface area contributed by atoms with E-state index in [1.165, 1.54) is 6.07 Å². The van der Waals surface area contributed by atoms with Crippen LogP contribution >= 0.6 is 0 Å². The van der Waals surface area contributed by atoms with Crippen LogP contribution < -0.4 is 0 Å². The van der Waals surface area contributed by atoms with Gasteiger partial charge in [0.2, 0.25) is 10.0 Å². The van der Waals surface area contributed by atoms with Crippen LogP contribution in [-0.2, 0) is 10.0 Å². The fourth-order valence-electron chi connectivity index (χ4n) is 3.36. The Labute approximate surface area is 125 Å². The maximum atomic E-state index is 12.9. The number of hydrogen-bond donors (Lipinski definition) is 0. The highest BCUT2D eigenvalue weighted by Crippen LogP contribution is 2.29. The summed E-state index contributed by atoms with van der Waals surface area (Å²) in [6.45, 7) is 4.38. The number of rotatable bonds is 2. The van der Waals surface area contributed by atoms with Crippen molar-refractivity contribution in [2.24, 2.45) is 0 Å². The highest BCUT2D eigenvalue weighted by atomic mass is 32.2. The lowest BCUT2D eigenvalue weighted by Crippen LogP contribution is -2.56. The smallest absolute Gasteiger partial charge is 0.243 e. The van der Waals surface area contributed by atoms with Gasteiger partial charge in [-0.1, -0.05) is 6.07 Å². The summed E-state index contributed by atoms with van der Waals surface area (Å²) in [6.07, 6.45) is 2.21. The summed E-state index contributed by atoms with van der Waals surface area (Å²) < 4.78 is 27.3. The lowest BCUT2D eigenvalue weighted by atomic mass is 10.1. The second-order valence-corrected chi connectivity index (χ2v) is 7.74. The van der Waals surface area contributed by atoms with Crippen molar-refractivity contribution in [3.05, 3.63) is 29.8 Å². The first-order chi connectivity index (χ1) is 10.0. The van der Waals surface area contributed by atoms with Crippen LogP contribution in [0.25, 0.3) is 0 Å². The molecule has 2 aliphatic heterocycles. The first-order valence-corrected chi connectivity index (χ1v) is 8.72. The first kappa shape index (κ1) is 14.5. The van der Waals surface area contributed by atoms with E-state index in [0.717, 1.165) is 25.9 Å². The van der Waals surface area contributed by atoms with E-state index in [2.05, 4.69) is 4.90 Å². The summed E-state index contributed by atoms with van der Waals surface area (Å²) >= 11 is 0. The third-order valence-electron chi connectivity index (χ3n) is 4.45. The number of hydrogen-bond acceptors (Lipinski definition) is 4. The molecule has 1 aromatic carbocycles. The third kappa shape index (κ3) is 2.57. The zero-order valence-electron chi connectivity index (χ0n) is 12.1. The quantitative estimate of drug-likeness (QED) is 0.829. The second-order valence-electron chi connectivity index (χ2n) is 5.85. The van der Waals surface area contributed by atoms with Gasteiger partial charge in [-0.05, 0) is 44.5 Å². The lowest BCUT2D eigenvalue weighted by Gasteiger charge is -2.41. The van der Waals surface area contributed by atoms with Crippen molar-refractivity contribution >= 4 is 10.0 Å². The molecule has 112 valence electrons. The minimum absolute atomic E-state index is 0.0323. The Morgan fingerprint density at radius 1 is 1.33 bits per heavy atom. The SMILES string of the molecule is C[C@@H]1CN2CCC[C@@H]2CN1S(=O)(=O)c1cccc(C#N)c1. The van der Waals surface area contributed by atoms with Gasteiger partial charge in [0.05, 0.1) is 16.5 Å². The topological polar surface area (TPSA) is 64.4 Å². The molecule has 0 radical (unpaired) electrons. The van der Waals surface area contributed by atoms with Crippen molar-refractivity contribution in [1.82, 2.24) is 9.21 Å². The van der Waals surface area contributed by atoms with E-state index >= 15 is 0 Å². The summed E-state index contributed by atoms with van der Waals surface area (Å²) in [6, 6.07) is 8.59. The van der Waals surface area contributed by atoms with Crippen molar-refractivity contribution in [2.45, 2.75) is 36.7 Å². The summed E-state index contributed by atoms with van der Waals surface area (Å²) in [7, 11) is -3.53. The van der Waals surface area contributed by atoms with Crippen molar-refractivity contribution < 1.29 is 8.42 Å². The molecule has 0 unspecified atom stereocenters. The van der Waals surface area contributed by atoms with Gasteiger partial charge in [0.25, 0.3) is 0 Å². The fourth-order valence-corrected chi connectivity index (χ4v) is 5.06. The minimum Gasteiger partial charge on any atom is -0.297 e. The summed E-state index contributed by atoms with van der Waals surface area (Å²) in [5.41, 5.74) is 0.378. The van der Waals surface area contributed by atoms with Gasteiger partial charge in [0.1, 0.15) is 0 Å². The standard InChI is InChI=1S/C15H19N3O2S/c1-12-10-17-7-3-5-14(17)11-18(12)21(19,20)15-6-2-4-13(8-15)9-16/h2,4,6,8,12,14H,3,5,7,10-11H2,1H3/t12-,14-/m1/s1. The highest BCUT2D eigenvalue weighted by molar-refractivity contribution is 7.89. The summed E-state index contributed by atoms with van der Waals surface area (Å²) in [5, 5.41) is 8.95. The maximum absolute atomic E-state index is 12.9. The molecule has 0 bridgehead atoms. The molecule has 2 atom stereocenters. The number of sulfonamides is 1. The lowest BCUT2D eigenvalue weighted by molar-refractivity contribution is 0.117. The Kier molecular flexibility index (Phi) is 3.74. The molecule has 2 aliphatic rings. The van der Waals surface area contributed by atoms with Crippen molar-refractivity contribution in [3.8, 4) is 6.07 Å². The van der Waals surface area contributed by atoms with Crippen LogP contribution in [0, 0.1) is 11.3 Å². The van der Waals surface area contributed by atoms with E-state index in [4.69, 9.17) is 5.26 Å². The van der Waals surface area contributed by atoms with Gasteiger partial charge in [-0.25, -0.2) is 8.42 Å². The molecule has 2 saturated heterocycles. The van der Waals surface area contributed by atoms with E-state index in [0.29, 0.717) is 18.2 Å². The average Bonchev–Trinajstić information content (AvgIpc) is 2.93. The molecule has 5 nitrogen and oxygen atoms in total. The molecular formula is C15H19N3O2S. The van der Waals surface area contributed by atoms with Crippen LogP contribution in [0.1, 0.15) is 25.3 Å². The molecular weight excluding hydrogens is 286 g/mol. The molecule has 0 N–H and O–H groups in total. The van der Waals surface area contributed by atoms with Gasteiger partial charge in [-0.2, -0.15) is 9.57 Å². The van der Waals surface area contributed by atoms with Crippen LogP contribution in [0.4, 0.5) is 0 Å². The predicted octanol–water partition coefficient (Wildman–Crippen LogP) is 1.42. The molecule has 2 heterocycles. The number of fused-ring (bicyclic) bond motifs is 1. The monoisotopic (exact) mass is 305 g/mol. The largest absolute Gasteiger partial charge is 0.297 e. The van der Waals surface area contributed by atoms with E-state index in [1.54, 1.807) is 22.5 Å². The Bertz CT molecular complexity index is 680. The van der Waals surface area contributed by atoms with E-state index in [-0.39, 0.29) is 10.9 Å². The summed E-state index contributed by atoms with van der Waals surface area (Å²) in [4.78, 5) is 2.61. The van der Waals surface area contributed by atoms with Crippen LogP contribution in [0.15, 0.2) is 29.2 Å². The van der Waals surface area contributed by atoms with Gasteiger partial charge in [0.15, 0.2) is 0 Å². The minimum atomic E-state index is -3.53. The zero-order valence-corrected chi connectivity index (χ0v) is 12.9. The van der Waals surface area contributed by atoms with Gasteiger partial charge in [-0.3, -0.25) is 4.90 Å². The van der Waals surface area contributed by atoms with Crippen molar-refractivity contribution in [3.63, 3.8) is 0 Å². The van der Waals surface area contributed by atoms with E-state index in [1.807, 2.05) is 13.0 Å². The Morgan fingerprint density at radius 3 is 2.90 bits per heavy atom. The molecule has 3 rings (SSSR count). The number of nitriles is 1. The molecule has 0 saturated carbocycles. The van der Waals surface area contributed by atoms with Crippen molar-refractivity contribution in [1.29, 1.82) is 5.26 Å². The van der Waals surface area contributed by atoms with Gasteiger partial charge >= 0.3 is 0 Å². The summed E-state index contributed by atoms with van der Waals surface area (Å²) in [5.74, 6) is 0. The van der Waals surface area contributed by atoms with Gasteiger partial charge < -0.3 is 0 Å². The average molecular weight is 305 g/mol. The maximum Gasteiger partial charge on any atom is 0.243 e. The molecule has 21 heavy (non-hydrogen) atoms. The van der Waals surface area contributed by atoms with Crippen LogP contribution in [0.5, 0.6) is 0 Å². The van der Waals surface area contributed by atoms with Crippen LogP contribution in [0.2, 0.25) is 0 Å². The molecule has 0 amide bonds. The van der Waals surface area contributed by atoms with Crippen LogP contribution in [-0.4, -0.2) is 49.3 Å². The normalized spacial score (nSPS) is 27.2. The molecule has 0 aliphatic carbocycles. The number of piperazine rings is 1. The van der Waals surface area contributed by atoms with Gasteiger partial charge in [0, 0.05) is 25.2 Å². The molecule has 1 aromatic rings. The van der Waals surface area contributed by atoms with E-state index < -0.39 is 10.0 Å². The molecule has 0 aromatic heterocycles. The third-order valence-corrected chi connectivity index (χ3v) is 6.43. The zero-order chi connectivity index (χ0) is 15.0. The fraction of sp³-hybridized carbons (Fsp3) is 0.533. The molecule has 2 fully saturated rings. The van der Waals surface area contributed by atoms with Crippen LogP contribution in [0.3, 0.4) is 0 Å². The predicted molar refractivity (Wildman–Crippen MR) is 79.1 cm³/mol. The number of benzene rings is 1. The van der Waals surface area contributed by atoms with Gasteiger partial charge in [-0.15, -0.1) is 0 Å². The van der Waals surface area contributed by atoms with E-state index in [9.17, 15) is 8.42 Å². The Morgan fingerprint density at radius 2 is 2.14 bits per heavy atom. The number of nitrogens with zero attached hydrogens (tertiary/aromatic N) is 3. The van der Waals surface area contributed by atoms with Crippen molar-refractivity contribution in [2.75, 3.05) is 19.6 Å². The first-order valence-electron chi connectivity index (χ1n) is 7.28. The highest BCUT2D eigenvalue weighted by Gasteiger charge is 2.40. The Hall–Kier alpha value is -1.42. The molecule has 6 heteroatoms.